The molecule has 3 aromatic rings. The van der Waals surface area contributed by atoms with E-state index < -0.39 is 23.2 Å². The number of aromatic nitrogens is 3. The van der Waals surface area contributed by atoms with E-state index in [4.69, 9.17) is 0 Å². The summed E-state index contributed by atoms with van der Waals surface area (Å²) < 4.78 is 41.3. The van der Waals surface area contributed by atoms with Crippen molar-refractivity contribution in [2.75, 3.05) is 23.3 Å². The predicted octanol–water partition coefficient (Wildman–Crippen LogP) is 3.34. The molecule has 0 atom stereocenters. The van der Waals surface area contributed by atoms with Crippen molar-refractivity contribution in [2.45, 2.75) is 25.2 Å². The van der Waals surface area contributed by atoms with Gasteiger partial charge in [-0.2, -0.15) is 5.10 Å². The molecule has 1 aliphatic heterocycles. The summed E-state index contributed by atoms with van der Waals surface area (Å²) in [5, 5.41) is 8.93. The summed E-state index contributed by atoms with van der Waals surface area (Å²) in [5.41, 5.74) is 0.140. The second-order valence-electron chi connectivity index (χ2n) is 7.18. The molecule has 2 N–H and O–H groups in total. The number of hydrogen-bond acceptors (Lipinski definition) is 5. The number of halogens is 3. The van der Waals surface area contributed by atoms with Crippen LogP contribution in [0.1, 0.15) is 29.6 Å². The van der Waals surface area contributed by atoms with Crippen LogP contribution in [0.2, 0.25) is 0 Å². The van der Waals surface area contributed by atoms with Gasteiger partial charge < -0.3 is 10.2 Å². The van der Waals surface area contributed by atoms with Gasteiger partial charge in [0.15, 0.2) is 0 Å². The lowest BCUT2D eigenvalue weighted by atomic mass is 10.1. The molecule has 156 valence electrons. The van der Waals surface area contributed by atoms with E-state index >= 15 is 0 Å². The molecule has 10 heteroatoms. The van der Waals surface area contributed by atoms with Crippen LogP contribution in [-0.4, -0.2) is 40.1 Å². The van der Waals surface area contributed by atoms with E-state index in [1.54, 1.807) is 4.90 Å². The van der Waals surface area contributed by atoms with Crippen molar-refractivity contribution in [3.63, 3.8) is 0 Å². The second kappa shape index (κ2) is 7.77. The minimum absolute atomic E-state index is 0.00760. The maximum absolute atomic E-state index is 13.8. The number of carbonyl (C=O) groups is 1. The number of pyridine rings is 1. The highest BCUT2D eigenvalue weighted by Gasteiger charge is 2.33. The quantitative estimate of drug-likeness (QED) is 0.682. The van der Waals surface area contributed by atoms with Crippen LogP contribution in [0.25, 0.3) is 10.9 Å². The van der Waals surface area contributed by atoms with Gasteiger partial charge >= 0.3 is 0 Å². The highest BCUT2D eigenvalue weighted by atomic mass is 19.3. The third kappa shape index (κ3) is 4.27. The first-order valence-electron chi connectivity index (χ1n) is 9.40. The molecule has 1 aromatic carbocycles. The van der Waals surface area contributed by atoms with Crippen LogP contribution >= 0.6 is 0 Å². The molecule has 1 aliphatic rings. The summed E-state index contributed by atoms with van der Waals surface area (Å²) >= 11 is 0. The fourth-order valence-corrected chi connectivity index (χ4v) is 3.46. The van der Waals surface area contributed by atoms with Gasteiger partial charge in [0, 0.05) is 43.5 Å². The van der Waals surface area contributed by atoms with Gasteiger partial charge in [-0.15, -0.1) is 0 Å². The average molecular weight is 417 g/mol. The number of rotatable bonds is 3. The van der Waals surface area contributed by atoms with Crippen LogP contribution in [0, 0.1) is 5.82 Å². The maximum Gasteiger partial charge on any atom is 0.266 e. The number of H-pyrrole nitrogens is 1. The first kappa shape index (κ1) is 19.9. The summed E-state index contributed by atoms with van der Waals surface area (Å²) in [5.74, 6) is -3.65. The van der Waals surface area contributed by atoms with Crippen molar-refractivity contribution in [2.24, 2.45) is 0 Å². The number of anilines is 2. The van der Waals surface area contributed by atoms with E-state index in [0.717, 1.165) is 0 Å². The Morgan fingerprint density at radius 1 is 1.17 bits per heavy atom. The van der Waals surface area contributed by atoms with E-state index in [9.17, 15) is 22.8 Å². The van der Waals surface area contributed by atoms with E-state index in [-0.39, 0.29) is 49.4 Å². The third-order valence-electron chi connectivity index (χ3n) is 4.94. The van der Waals surface area contributed by atoms with Crippen LogP contribution < -0.4 is 15.8 Å². The topological polar surface area (TPSA) is 91.0 Å². The molecule has 0 bridgehead atoms. The predicted molar refractivity (Wildman–Crippen MR) is 106 cm³/mol. The molecular formula is C20H18F3N5O2. The minimum atomic E-state index is -2.78. The van der Waals surface area contributed by atoms with Crippen LogP contribution in [0.4, 0.5) is 24.7 Å². The van der Waals surface area contributed by atoms with Gasteiger partial charge in [-0.1, -0.05) is 0 Å². The van der Waals surface area contributed by atoms with Crippen LogP contribution in [-0.2, 0) is 0 Å². The van der Waals surface area contributed by atoms with E-state index in [1.807, 2.05) is 0 Å². The molecule has 0 saturated carbocycles. The Bertz CT molecular complexity index is 1160. The van der Waals surface area contributed by atoms with Gasteiger partial charge in [-0.25, -0.2) is 23.3 Å². The zero-order valence-corrected chi connectivity index (χ0v) is 15.8. The van der Waals surface area contributed by atoms with Crippen molar-refractivity contribution in [3.05, 3.63) is 58.3 Å². The minimum Gasteiger partial charge on any atom is -0.356 e. The number of hydrogen-bond donors (Lipinski definition) is 2. The van der Waals surface area contributed by atoms with Crippen molar-refractivity contribution in [1.82, 2.24) is 15.2 Å². The van der Waals surface area contributed by atoms with Crippen molar-refractivity contribution in [1.29, 1.82) is 0 Å². The van der Waals surface area contributed by atoms with Crippen molar-refractivity contribution >= 4 is 28.3 Å². The number of alkyl halides is 2. The zero-order valence-electron chi connectivity index (χ0n) is 15.8. The number of amides is 1. The third-order valence-corrected chi connectivity index (χ3v) is 4.94. The molecule has 30 heavy (non-hydrogen) atoms. The molecule has 2 aromatic heterocycles. The van der Waals surface area contributed by atoms with E-state index in [2.05, 4.69) is 20.5 Å². The van der Waals surface area contributed by atoms with Gasteiger partial charge in [-0.3, -0.25) is 9.59 Å². The normalized spacial score (nSPS) is 16.3. The van der Waals surface area contributed by atoms with Crippen molar-refractivity contribution in [3.8, 4) is 0 Å². The first-order chi connectivity index (χ1) is 14.3. The zero-order chi connectivity index (χ0) is 21.3. The van der Waals surface area contributed by atoms with Gasteiger partial charge in [0.1, 0.15) is 11.6 Å². The van der Waals surface area contributed by atoms with Crippen LogP contribution in [0.15, 0.2) is 41.3 Å². The fourth-order valence-electron chi connectivity index (χ4n) is 3.46. The number of nitrogens with zero attached hydrogens (tertiary/aromatic N) is 3. The molecule has 7 nitrogen and oxygen atoms in total. The Morgan fingerprint density at radius 2 is 2.00 bits per heavy atom. The second-order valence-corrected chi connectivity index (χ2v) is 7.18. The van der Waals surface area contributed by atoms with Crippen LogP contribution in [0.3, 0.4) is 0 Å². The number of nitrogens with one attached hydrogen (secondary N) is 2. The molecule has 0 radical (unpaired) electrons. The number of carbonyl (C=O) groups excluding carboxylic acids is 1. The van der Waals surface area contributed by atoms with Gasteiger partial charge in [-0.05, 0) is 24.6 Å². The Balaban J connectivity index is 1.76. The molecule has 0 aliphatic carbocycles. The van der Waals surface area contributed by atoms with Crippen molar-refractivity contribution < 1.29 is 18.0 Å². The molecule has 3 heterocycles. The molecule has 1 amide bonds. The lowest BCUT2D eigenvalue weighted by molar-refractivity contribution is -0.0102. The SMILES string of the molecule is O=C(Nc1cn[nH]c(=O)c1)c1cc2ccc(F)cc2nc1N1CCCC(F)(F)CC1. The number of benzene rings is 1. The largest absolute Gasteiger partial charge is 0.356 e. The molecule has 0 unspecified atom stereocenters. The Morgan fingerprint density at radius 3 is 2.80 bits per heavy atom. The summed E-state index contributed by atoms with van der Waals surface area (Å²) in [6.07, 6.45) is 0.894. The molecule has 1 fully saturated rings. The molecule has 0 spiro atoms. The number of fused-ring (bicyclic) bond motifs is 1. The highest BCUT2D eigenvalue weighted by Crippen LogP contribution is 2.32. The average Bonchev–Trinajstić information content (AvgIpc) is 2.87. The number of aromatic amines is 1. The molecule has 1 saturated heterocycles. The Labute approximate surface area is 168 Å². The summed E-state index contributed by atoms with van der Waals surface area (Å²) in [7, 11) is 0. The monoisotopic (exact) mass is 417 g/mol. The lowest BCUT2D eigenvalue weighted by Crippen LogP contribution is -2.29. The maximum atomic E-state index is 13.8. The Kier molecular flexibility index (Phi) is 5.15. The summed E-state index contributed by atoms with van der Waals surface area (Å²) in [6, 6.07) is 6.67. The molecule has 4 rings (SSSR count). The summed E-state index contributed by atoms with van der Waals surface area (Å²) in [4.78, 5) is 30.5. The fraction of sp³-hybridized carbons (Fsp3) is 0.300. The highest BCUT2D eigenvalue weighted by molar-refractivity contribution is 6.09. The van der Waals surface area contributed by atoms with E-state index in [1.165, 1.54) is 36.5 Å². The van der Waals surface area contributed by atoms with Gasteiger partial charge in [0.25, 0.3) is 11.5 Å². The van der Waals surface area contributed by atoms with Gasteiger partial charge in [0.05, 0.1) is 23.0 Å². The van der Waals surface area contributed by atoms with Gasteiger partial charge in [0.2, 0.25) is 5.92 Å². The smallest absolute Gasteiger partial charge is 0.266 e. The standard InChI is InChI=1S/C20H18F3N5O2/c21-13-3-2-12-8-15(19(30)25-14-10-17(29)27-24-11-14)18(26-16(12)9-13)28-6-1-4-20(22,23)5-7-28/h2-3,8-11H,1,4-7H2,(H2,25,27,29,30). The van der Waals surface area contributed by atoms with E-state index in [0.29, 0.717) is 10.9 Å². The molecular weight excluding hydrogens is 399 g/mol. The first-order valence-corrected chi connectivity index (χ1v) is 9.40. The Hall–Kier alpha value is -3.43. The van der Waals surface area contributed by atoms with Crippen LogP contribution in [0.5, 0.6) is 0 Å². The summed E-state index contributed by atoms with van der Waals surface area (Å²) in [6.45, 7) is 0.296. The lowest BCUT2D eigenvalue weighted by Gasteiger charge is -2.24.